The molecule has 0 bridgehead atoms. The van der Waals surface area contributed by atoms with E-state index >= 15 is 0 Å². The van der Waals surface area contributed by atoms with E-state index in [2.05, 4.69) is 27.9 Å². The van der Waals surface area contributed by atoms with E-state index in [1.54, 1.807) is 6.33 Å². The molecule has 3 heterocycles. The van der Waals surface area contributed by atoms with Gasteiger partial charge in [0.1, 0.15) is 5.82 Å². The minimum atomic E-state index is 0.0735. The van der Waals surface area contributed by atoms with E-state index < -0.39 is 0 Å². The minimum absolute atomic E-state index is 0.0735. The molecule has 3 aromatic rings. The molecule has 6 nitrogen and oxygen atoms in total. The summed E-state index contributed by atoms with van der Waals surface area (Å²) in [5, 5.41) is 0. The lowest BCUT2D eigenvalue weighted by molar-refractivity contribution is 0.0746. The van der Waals surface area contributed by atoms with E-state index in [1.807, 2.05) is 47.0 Å². The molecule has 4 rings (SSSR count). The molecule has 0 unspecified atom stereocenters. The fourth-order valence-electron chi connectivity index (χ4n) is 3.28. The predicted octanol–water partition coefficient (Wildman–Crippen LogP) is 2.24. The van der Waals surface area contributed by atoms with Gasteiger partial charge in [-0.15, -0.1) is 0 Å². The Morgan fingerprint density at radius 1 is 1.04 bits per heavy atom. The van der Waals surface area contributed by atoms with Crippen LogP contribution in [-0.4, -0.2) is 51.5 Å². The molecule has 1 amide bonds. The Morgan fingerprint density at radius 3 is 2.60 bits per heavy atom. The van der Waals surface area contributed by atoms with E-state index in [1.165, 1.54) is 5.56 Å². The number of hydrogen-bond acceptors (Lipinski definition) is 4. The number of amides is 1. The third-order valence-electron chi connectivity index (χ3n) is 4.76. The van der Waals surface area contributed by atoms with Gasteiger partial charge in [-0.25, -0.2) is 9.97 Å². The van der Waals surface area contributed by atoms with Crippen LogP contribution in [0.4, 0.5) is 5.82 Å². The molecule has 25 heavy (non-hydrogen) atoms. The van der Waals surface area contributed by atoms with E-state index in [4.69, 9.17) is 0 Å². The second-order valence-corrected chi connectivity index (χ2v) is 6.53. The van der Waals surface area contributed by atoms with Gasteiger partial charge in [0.05, 0.1) is 17.4 Å². The fraction of sp³-hybridized carbons (Fsp3) is 0.316. The normalized spacial score (nSPS) is 15.0. The molecule has 6 heteroatoms. The van der Waals surface area contributed by atoms with Gasteiger partial charge in [0.25, 0.3) is 5.91 Å². The zero-order valence-electron chi connectivity index (χ0n) is 14.5. The van der Waals surface area contributed by atoms with Crippen LogP contribution in [0.1, 0.15) is 15.9 Å². The molecule has 1 saturated heterocycles. The Morgan fingerprint density at radius 2 is 1.84 bits per heavy atom. The van der Waals surface area contributed by atoms with E-state index in [9.17, 15) is 4.79 Å². The van der Waals surface area contributed by atoms with Crippen molar-refractivity contribution >= 4 is 22.8 Å². The van der Waals surface area contributed by atoms with Crippen LogP contribution in [0.3, 0.4) is 0 Å². The summed E-state index contributed by atoms with van der Waals surface area (Å²) in [7, 11) is 1.95. The third kappa shape index (κ3) is 2.95. The molecule has 0 radical (unpaired) electrons. The van der Waals surface area contributed by atoms with Crippen LogP contribution in [0.15, 0.2) is 42.9 Å². The summed E-state index contributed by atoms with van der Waals surface area (Å²) in [6.07, 6.45) is 3.61. The van der Waals surface area contributed by atoms with Crippen molar-refractivity contribution in [1.29, 1.82) is 0 Å². The molecule has 0 saturated carbocycles. The Bertz CT molecular complexity index is 924. The molecule has 1 aliphatic heterocycles. The number of nitrogens with zero attached hydrogens (tertiary/aromatic N) is 5. The number of fused-ring (bicyclic) bond motifs is 1. The Labute approximate surface area is 146 Å². The minimum Gasteiger partial charge on any atom is -0.353 e. The summed E-state index contributed by atoms with van der Waals surface area (Å²) in [5.41, 5.74) is 3.79. The van der Waals surface area contributed by atoms with Gasteiger partial charge in [-0.05, 0) is 42.8 Å². The average Bonchev–Trinajstić information content (AvgIpc) is 3.02. The number of carbonyl (C=O) groups is 1. The van der Waals surface area contributed by atoms with Crippen LogP contribution < -0.4 is 4.90 Å². The number of carbonyl (C=O) groups excluding carboxylic acids is 1. The van der Waals surface area contributed by atoms with Crippen LogP contribution in [0.2, 0.25) is 0 Å². The van der Waals surface area contributed by atoms with Gasteiger partial charge in [-0.2, -0.15) is 0 Å². The van der Waals surface area contributed by atoms with Gasteiger partial charge in [0, 0.05) is 45.0 Å². The lowest BCUT2D eigenvalue weighted by Gasteiger charge is -2.35. The van der Waals surface area contributed by atoms with Gasteiger partial charge >= 0.3 is 0 Å². The molecule has 2 aromatic heterocycles. The number of anilines is 1. The number of hydrogen-bond donors (Lipinski definition) is 0. The van der Waals surface area contributed by atoms with Crippen molar-refractivity contribution in [3.8, 4) is 0 Å². The van der Waals surface area contributed by atoms with Crippen LogP contribution in [0.25, 0.3) is 11.0 Å². The molecule has 0 aliphatic carbocycles. The first-order valence-electron chi connectivity index (χ1n) is 8.50. The topological polar surface area (TPSA) is 54.3 Å². The van der Waals surface area contributed by atoms with Gasteiger partial charge < -0.3 is 14.4 Å². The summed E-state index contributed by atoms with van der Waals surface area (Å²) in [6, 6.07) is 9.82. The van der Waals surface area contributed by atoms with Crippen molar-refractivity contribution in [2.45, 2.75) is 6.92 Å². The van der Waals surface area contributed by atoms with E-state index in [0.29, 0.717) is 18.7 Å². The maximum Gasteiger partial charge on any atom is 0.254 e. The van der Waals surface area contributed by atoms with Crippen LogP contribution >= 0.6 is 0 Å². The van der Waals surface area contributed by atoms with Crippen molar-refractivity contribution < 1.29 is 4.79 Å². The van der Waals surface area contributed by atoms with Crippen molar-refractivity contribution in [3.05, 3.63) is 54.0 Å². The molecule has 0 atom stereocenters. The summed E-state index contributed by atoms with van der Waals surface area (Å²) in [6.45, 7) is 5.07. The highest BCUT2D eigenvalue weighted by molar-refractivity contribution is 5.97. The molecular formula is C19H21N5O. The summed E-state index contributed by atoms with van der Waals surface area (Å²) in [4.78, 5) is 25.7. The van der Waals surface area contributed by atoms with Crippen molar-refractivity contribution in [1.82, 2.24) is 19.4 Å². The SMILES string of the molecule is Cc1ccnc(N2CCN(C(=O)c3ccc4c(c3)ncn4C)CC2)c1. The molecule has 1 aromatic carbocycles. The Hall–Kier alpha value is -2.89. The molecule has 1 aliphatic rings. The van der Waals surface area contributed by atoms with Gasteiger partial charge in [0.15, 0.2) is 0 Å². The summed E-state index contributed by atoms with van der Waals surface area (Å²) in [5.74, 6) is 1.06. The number of aryl methyl sites for hydroxylation is 2. The number of piperazine rings is 1. The van der Waals surface area contributed by atoms with Gasteiger partial charge in [-0.3, -0.25) is 4.79 Å². The lowest BCUT2D eigenvalue weighted by atomic mass is 10.1. The largest absolute Gasteiger partial charge is 0.353 e. The zero-order chi connectivity index (χ0) is 17.4. The second kappa shape index (κ2) is 6.20. The molecule has 0 spiro atoms. The summed E-state index contributed by atoms with van der Waals surface area (Å²) >= 11 is 0. The molecule has 128 valence electrons. The number of imidazole rings is 1. The highest BCUT2D eigenvalue weighted by atomic mass is 16.2. The fourth-order valence-corrected chi connectivity index (χ4v) is 3.28. The zero-order valence-corrected chi connectivity index (χ0v) is 14.5. The Kier molecular flexibility index (Phi) is 3.87. The van der Waals surface area contributed by atoms with Crippen LogP contribution in [-0.2, 0) is 7.05 Å². The summed E-state index contributed by atoms with van der Waals surface area (Å²) < 4.78 is 1.96. The maximum atomic E-state index is 12.8. The van der Waals surface area contributed by atoms with Gasteiger partial charge in [-0.1, -0.05) is 0 Å². The first-order valence-corrected chi connectivity index (χ1v) is 8.50. The number of aromatic nitrogens is 3. The highest BCUT2D eigenvalue weighted by Crippen LogP contribution is 2.18. The second-order valence-electron chi connectivity index (χ2n) is 6.53. The first-order chi connectivity index (χ1) is 12.1. The molecule has 0 N–H and O–H groups in total. The number of rotatable bonds is 2. The first kappa shape index (κ1) is 15.6. The van der Waals surface area contributed by atoms with Crippen molar-refractivity contribution in [2.24, 2.45) is 7.05 Å². The average molecular weight is 335 g/mol. The molecule has 1 fully saturated rings. The monoisotopic (exact) mass is 335 g/mol. The smallest absolute Gasteiger partial charge is 0.254 e. The van der Waals surface area contributed by atoms with Gasteiger partial charge in [0.2, 0.25) is 0 Å². The molecular weight excluding hydrogens is 314 g/mol. The standard InChI is InChI=1S/C19H21N5O/c1-14-5-6-20-18(11-14)23-7-9-24(10-8-23)19(25)15-3-4-17-16(12-15)21-13-22(17)2/h3-6,11-13H,7-10H2,1-2H3. The highest BCUT2D eigenvalue weighted by Gasteiger charge is 2.23. The predicted molar refractivity (Wildman–Crippen MR) is 97.8 cm³/mol. The quantitative estimate of drug-likeness (QED) is 0.721. The van der Waals surface area contributed by atoms with Crippen molar-refractivity contribution in [2.75, 3.05) is 31.1 Å². The Balaban J connectivity index is 1.46. The number of pyridine rings is 1. The van der Waals surface area contributed by atoms with Crippen molar-refractivity contribution in [3.63, 3.8) is 0 Å². The lowest BCUT2D eigenvalue weighted by Crippen LogP contribution is -2.49. The maximum absolute atomic E-state index is 12.8. The third-order valence-corrected chi connectivity index (χ3v) is 4.76. The van der Waals surface area contributed by atoms with E-state index in [0.717, 1.165) is 29.9 Å². The van der Waals surface area contributed by atoms with Crippen LogP contribution in [0, 0.1) is 6.92 Å². The van der Waals surface area contributed by atoms with E-state index in [-0.39, 0.29) is 5.91 Å². The van der Waals surface area contributed by atoms with Crippen LogP contribution in [0.5, 0.6) is 0 Å². The number of benzene rings is 1.